The number of thioether (sulfide) groups is 1. The third kappa shape index (κ3) is 5.44. The van der Waals surface area contributed by atoms with Crippen molar-refractivity contribution in [3.8, 4) is 0 Å². The summed E-state index contributed by atoms with van der Waals surface area (Å²) in [5.74, 6) is -0.282. The Balaban J connectivity index is 0.00000300. The Kier molecular flexibility index (Phi) is 8.38. The lowest BCUT2D eigenvalue weighted by molar-refractivity contribution is -0.116. The lowest BCUT2D eigenvalue weighted by Gasteiger charge is -2.16. The maximum Gasteiger partial charge on any atom is 0.268 e. The van der Waals surface area contributed by atoms with Gasteiger partial charge in [-0.2, -0.15) is 5.01 Å². The summed E-state index contributed by atoms with van der Waals surface area (Å²) in [6, 6.07) is 7.70. The van der Waals surface area contributed by atoms with Gasteiger partial charge in [0.2, 0.25) is 0 Å². The molecule has 1 unspecified atom stereocenters. The molecule has 2 aromatic rings. The van der Waals surface area contributed by atoms with Crippen LogP contribution in [0.3, 0.4) is 0 Å². The van der Waals surface area contributed by atoms with Gasteiger partial charge in [-0.15, -0.1) is 22.1 Å². The summed E-state index contributed by atoms with van der Waals surface area (Å²) in [6.07, 6.45) is 0. The number of hydrogen-bond donors (Lipinski definition) is 3. The molecule has 2 aromatic carbocycles. The Hall–Kier alpha value is -0.870. The van der Waals surface area contributed by atoms with Gasteiger partial charge in [-0.25, -0.2) is 0 Å². The molecular formula is C16H11BrCl5N5OS. The Morgan fingerprint density at radius 1 is 1.07 bits per heavy atom. The number of hydrazone groups is 1. The lowest BCUT2D eigenvalue weighted by atomic mass is 10.2. The molecule has 4 N–H and O–H groups in total. The summed E-state index contributed by atoms with van der Waals surface area (Å²) < 4.78 is 0. The van der Waals surface area contributed by atoms with Crippen LogP contribution in [0.1, 0.15) is 0 Å². The fourth-order valence-electron chi connectivity index (χ4n) is 2.39. The van der Waals surface area contributed by atoms with Crippen LogP contribution in [-0.2, 0) is 4.79 Å². The topological polar surface area (TPSA) is 94.6 Å². The van der Waals surface area contributed by atoms with Gasteiger partial charge in [0.15, 0.2) is 16.3 Å². The Bertz CT molecular complexity index is 998. The molecule has 1 heterocycles. The van der Waals surface area contributed by atoms with Gasteiger partial charge >= 0.3 is 0 Å². The van der Waals surface area contributed by atoms with E-state index in [1.54, 1.807) is 18.2 Å². The minimum Gasteiger partial charge on any atom is -0.379 e. The summed E-state index contributed by atoms with van der Waals surface area (Å²) in [7, 11) is 0. The fourth-order valence-corrected chi connectivity index (χ4v) is 4.49. The highest BCUT2D eigenvalue weighted by Gasteiger charge is 2.40. The number of amidine groups is 2. The average Bonchev–Trinajstić information content (AvgIpc) is 2.85. The van der Waals surface area contributed by atoms with Crippen LogP contribution in [0.4, 0.5) is 11.4 Å². The normalized spacial score (nSPS) is 15.8. The van der Waals surface area contributed by atoms with Gasteiger partial charge in [0.25, 0.3) is 5.91 Å². The van der Waals surface area contributed by atoms with Crippen molar-refractivity contribution in [3.63, 3.8) is 0 Å². The van der Waals surface area contributed by atoms with E-state index in [2.05, 4.69) is 10.4 Å². The van der Waals surface area contributed by atoms with E-state index in [1.807, 2.05) is 0 Å². The van der Waals surface area contributed by atoms with Crippen molar-refractivity contribution < 1.29 is 4.79 Å². The molecule has 0 saturated heterocycles. The molecule has 0 spiro atoms. The van der Waals surface area contributed by atoms with Gasteiger partial charge < -0.3 is 11.1 Å². The summed E-state index contributed by atoms with van der Waals surface area (Å²) in [5.41, 5.74) is 6.13. The van der Waals surface area contributed by atoms with Crippen molar-refractivity contribution in [2.75, 3.05) is 10.3 Å². The predicted octanol–water partition coefficient (Wildman–Crippen LogP) is 6.30. The monoisotopic (exact) mass is 575 g/mol. The van der Waals surface area contributed by atoms with Gasteiger partial charge in [0, 0.05) is 10.0 Å². The smallest absolute Gasteiger partial charge is 0.268 e. The minimum absolute atomic E-state index is 0. The molecule has 1 atom stereocenters. The Morgan fingerprint density at radius 3 is 2.21 bits per heavy atom. The summed E-state index contributed by atoms with van der Waals surface area (Å²) in [5, 5.41) is 16.1. The Labute approximate surface area is 205 Å². The molecule has 0 radical (unpaired) electrons. The number of amides is 1. The second-order valence-corrected chi connectivity index (χ2v) is 8.71. The number of nitrogens with two attached hydrogens (primary N) is 1. The number of hydrogen-bond acceptors (Lipinski definition) is 5. The second-order valence-electron chi connectivity index (χ2n) is 5.46. The standard InChI is InChI=1S/C16H10Cl5N5OS.BrH/c17-6-1-2-11(8(19)3-6)24-14-13(28-16(22)23)15(27)26(25-14)12-9(20)4-7(18)5-10(12)21;/h1-5,13H,(H3,22,23)(H,24,25);1H. The number of nitrogens with zero attached hydrogens (tertiary/aromatic N) is 2. The van der Waals surface area contributed by atoms with Crippen LogP contribution in [0.5, 0.6) is 0 Å². The van der Waals surface area contributed by atoms with Crippen molar-refractivity contribution in [2.24, 2.45) is 10.8 Å². The van der Waals surface area contributed by atoms with Gasteiger partial charge in [-0.05, 0) is 30.3 Å². The molecule has 6 nitrogen and oxygen atoms in total. The quantitative estimate of drug-likeness (QED) is 0.294. The summed E-state index contributed by atoms with van der Waals surface area (Å²) in [4.78, 5) is 13.0. The van der Waals surface area contributed by atoms with Gasteiger partial charge in [-0.1, -0.05) is 69.8 Å². The highest BCUT2D eigenvalue weighted by molar-refractivity contribution is 8.93. The zero-order valence-corrected chi connectivity index (χ0v) is 20.4. The largest absolute Gasteiger partial charge is 0.379 e. The first-order chi connectivity index (χ1) is 13.2. The van der Waals surface area contributed by atoms with Crippen molar-refractivity contribution >= 4 is 115 Å². The van der Waals surface area contributed by atoms with Crippen molar-refractivity contribution in [2.45, 2.75) is 5.25 Å². The maximum atomic E-state index is 13.0. The molecule has 1 amide bonds. The van der Waals surface area contributed by atoms with E-state index < -0.39 is 11.2 Å². The molecular weight excluding hydrogens is 567 g/mol. The lowest BCUT2D eigenvalue weighted by Crippen LogP contribution is -2.34. The van der Waals surface area contributed by atoms with Crippen molar-refractivity contribution in [1.82, 2.24) is 0 Å². The average molecular weight is 579 g/mol. The van der Waals surface area contributed by atoms with Gasteiger partial charge in [0.1, 0.15) is 5.69 Å². The highest BCUT2D eigenvalue weighted by Crippen LogP contribution is 2.40. The van der Waals surface area contributed by atoms with Gasteiger partial charge in [-0.3, -0.25) is 10.2 Å². The number of carbonyl (C=O) groups is 1. The molecule has 0 aliphatic carbocycles. The molecule has 0 aromatic heterocycles. The molecule has 0 bridgehead atoms. The zero-order valence-electron chi connectivity index (χ0n) is 14.1. The van der Waals surface area contributed by atoms with Crippen molar-refractivity contribution in [1.29, 1.82) is 5.41 Å². The van der Waals surface area contributed by atoms with Crippen LogP contribution in [0.2, 0.25) is 25.1 Å². The van der Waals surface area contributed by atoms with E-state index in [4.69, 9.17) is 69.1 Å². The van der Waals surface area contributed by atoms with Crippen LogP contribution in [0, 0.1) is 5.41 Å². The summed E-state index contributed by atoms with van der Waals surface area (Å²) >= 11 is 31.3. The molecule has 29 heavy (non-hydrogen) atoms. The number of halogens is 6. The number of benzene rings is 2. The van der Waals surface area contributed by atoms with Crippen LogP contribution in [0.15, 0.2) is 35.4 Å². The highest BCUT2D eigenvalue weighted by atomic mass is 79.9. The van der Waals surface area contributed by atoms with E-state index in [0.717, 1.165) is 16.8 Å². The van der Waals surface area contributed by atoms with Crippen LogP contribution >= 0.6 is 86.7 Å². The molecule has 1 aliphatic rings. The number of rotatable bonds is 3. The molecule has 0 saturated carbocycles. The van der Waals surface area contributed by atoms with E-state index in [-0.39, 0.29) is 43.7 Å². The van der Waals surface area contributed by atoms with E-state index in [1.165, 1.54) is 12.1 Å². The third-order valence-corrected chi connectivity index (χ3v) is 5.78. The van der Waals surface area contributed by atoms with Gasteiger partial charge in [0.05, 0.1) is 20.8 Å². The molecule has 3 rings (SSSR count). The first kappa shape index (κ1) is 24.4. The molecule has 13 heteroatoms. The number of carbonyl (C=O) groups excluding carboxylic acids is 1. The van der Waals surface area contributed by atoms with Crippen LogP contribution in [0.25, 0.3) is 0 Å². The number of anilines is 2. The van der Waals surface area contributed by atoms with Crippen LogP contribution in [-0.4, -0.2) is 22.2 Å². The first-order valence-electron chi connectivity index (χ1n) is 7.47. The fraction of sp³-hybridized carbons (Fsp3) is 0.0625. The number of nitrogens with one attached hydrogen (secondary N) is 2. The summed E-state index contributed by atoms with van der Waals surface area (Å²) in [6.45, 7) is 0. The van der Waals surface area contributed by atoms with E-state index in [9.17, 15) is 4.79 Å². The third-order valence-electron chi connectivity index (χ3n) is 3.52. The maximum absolute atomic E-state index is 13.0. The van der Waals surface area contributed by atoms with E-state index >= 15 is 0 Å². The zero-order chi connectivity index (χ0) is 20.6. The van der Waals surface area contributed by atoms with E-state index in [0.29, 0.717) is 20.8 Å². The predicted molar refractivity (Wildman–Crippen MR) is 130 cm³/mol. The Morgan fingerprint density at radius 2 is 1.66 bits per heavy atom. The second kappa shape index (κ2) is 9.96. The van der Waals surface area contributed by atoms with Crippen molar-refractivity contribution in [3.05, 3.63) is 55.4 Å². The molecule has 1 aliphatic heterocycles. The molecule has 154 valence electrons. The first-order valence-corrected chi connectivity index (χ1v) is 10.2. The minimum atomic E-state index is -0.924. The molecule has 0 fully saturated rings. The van der Waals surface area contributed by atoms with Crippen LogP contribution < -0.4 is 16.1 Å². The SMILES string of the molecule is Br.N=C(N)SC1C(=O)N(c2c(Cl)cc(Cl)cc2Cl)N=C1Nc1ccc(Cl)cc1Cl.